The van der Waals surface area contributed by atoms with Gasteiger partial charge >= 0.3 is 0 Å². The Bertz CT molecular complexity index is 719. The van der Waals surface area contributed by atoms with Crippen LogP contribution in [-0.2, 0) is 19.5 Å². The monoisotopic (exact) mass is 356 g/mol. The lowest BCUT2D eigenvalue weighted by molar-refractivity contribution is 0.222. The number of rotatable bonds is 8. The quantitative estimate of drug-likeness (QED) is 0.714. The summed E-state index contributed by atoms with van der Waals surface area (Å²) in [5.74, 6) is -0.272. The fourth-order valence-electron chi connectivity index (χ4n) is 3.62. The lowest BCUT2D eigenvalue weighted by atomic mass is 9.95. The molecule has 2 aromatic rings. The molecule has 1 aromatic carbocycles. The van der Waals surface area contributed by atoms with E-state index in [0.717, 1.165) is 63.2 Å². The van der Waals surface area contributed by atoms with Gasteiger partial charge in [0.1, 0.15) is 5.82 Å². The molecule has 0 spiro atoms. The molecule has 3 N–H and O–H groups in total. The highest BCUT2D eigenvalue weighted by Crippen LogP contribution is 2.18. The van der Waals surface area contributed by atoms with Crippen LogP contribution >= 0.6 is 0 Å². The molecule has 1 atom stereocenters. The van der Waals surface area contributed by atoms with E-state index >= 15 is 0 Å². The van der Waals surface area contributed by atoms with Crippen LogP contribution in [0.1, 0.15) is 35.2 Å². The summed E-state index contributed by atoms with van der Waals surface area (Å²) in [7, 11) is 0. The lowest BCUT2D eigenvalue weighted by Crippen LogP contribution is -2.45. The van der Waals surface area contributed by atoms with Crippen molar-refractivity contribution in [2.45, 2.75) is 45.3 Å². The van der Waals surface area contributed by atoms with Gasteiger partial charge in [-0.25, -0.2) is 4.39 Å². The minimum atomic E-state index is -0.272. The molecule has 2 heterocycles. The van der Waals surface area contributed by atoms with Gasteiger partial charge in [0.05, 0.1) is 11.9 Å². The van der Waals surface area contributed by atoms with Gasteiger partial charge < -0.3 is 11.1 Å². The summed E-state index contributed by atoms with van der Waals surface area (Å²) in [6, 6.07) is 10.6. The third-order valence-corrected chi connectivity index (χ3v) is 5.10. The predicted molar refractivity (Wildman–Crippen MR) is 103 cm³/mol. The van der Waals surface area contributed by atoms with E-state index in [9.17, 15) is 4.39 Å². The fourth-order valence-corrected chi connectivity index (χ4v) is 3.62. The smallest absolute Gasteiger partial charge is 0.141 e. The molecule has 0 saturated heterocycles. The Morgan fingerprint density at radius 3 is 2.85 bits per heavy atom. The van der Waals surface area contributed by atoms with E-state index in [1.807, 2.05) is 6.92 Å². The molecule has 0 bridgehead atoms. The molecule has 0 unspecified atom stereocenters. The second-order valence-corrected chi connectivity index (χ2v) is 7.20. The maximum Gasteiger partial charge on any atom is 0.141 e. The van der Waals surface area contributed by atoms with Crippen molar-refractivity contribution in [3.63, 3.8) is 0 Å². The minimum absolute atomic E-state index is 0.272. The van der Waals surface area contributed by atoms with E-state index in [1.54, 1.807) is 6.07 Å². The van der Waals surface area contributed by atoms with Gasteiger partial charge in [-0.2, -0.15) is 0 Å². The Kier molecular flexibility index (Phi) is 6.72. The molecule has 1 aromatic heterocycles. The Morgan fingerprint density at radius 2 is 2.08 bits per heavy atom. The number of nitrogens with two attached hydrogens (primary N) is 1. The molecule has 1 aliphatic heterocycles. The number of fused-ring (bicyclic) bond motifs is 1. The van der Waals surface area contributed by atoms with Crippen LogP contribution in [0.15, 0.2) is 36.5 Å². The first-order valence-corrected chi connectivity index (χ1v) is 9.49. The van der Waals surface area contributed by atoms with E-state index < -0.39 is 0 Å². The van der Waals surface area contributed by atoms with Crippen LogP contribution in [0.25, 0.3) is 0 Å². The number of benzene rings is 1. The van der Waals surface area contributed by atoms with Gasteiger partial charge in [0.2, 0.25) is 0 Å². The van der Waals surface area contributed by atoms with Crippen molar-refractivity contribution < 1.29 is 4.39 Å². The maximum absolute atomic E-state index is 13.3. The zero-order valence-electron chi connectivity index (χ0n) is 15.5. The zero-order valence-corrected chi connectivity index (χ0v) is 15.5. The van der Waals surface area contributed by atoms with Crippen LogP contribution in [-0.4, -0.2) is 35.6 Å². The number of aryl methyl sites for hydroxylation is 1. The van der Waals surface area contributed by atoms with Gasteiger partial charge in [-0.15, -0.1) is 0 Å². The average molecular weight is 356 g/mol. The summed E-state index contributed by atoms with van der Waals surface area (Å²) in [6.45, 7) is 6.25. The van der Waals surface area contributed by atoms with Crippen molar-refractivity contribution in [2.75, 3.05) is 19.6 Å². The minimum Gasteiger partial charge on any atom is -0.330 e. The lowest BCUT2D eigenvalue weighted by Gasteiger charge is -2.32. The molecule has 0 amide bonds. The third-order valence-electron chi connectivity index (χ3n) is 5.10. The van der Waals surface area contributed by atoms with Gasteiger partial charge in [0.25, 0.3) is 0 Å². The van der Waals surface area contributed by atoms with Crippen LogP contribution in [0.2, 0.25) is 0 Å². The SMILES string of the molecule is Cc1cc(F)cnc1CN(CCCCN)C[C@H]1Cc2ccccc2CN1. The first kappa shape index (κ1) is 19.0. The number of halogens is 1. The molecule has 0 radical (unpaired) electrons. The van der Waals surface area contributed by atoms with E-state index in [1.165, 1.54) is 17.3 Å². The molecular formula is C21H29FN4. The van der Waals surface area contributed by atoms with Crippen LogP contribution in [0, 0.1) is 12.7 Å². The van der Waals surface area contributed by atoms with Crippen molar-refractivity contribution in [3.8, 4) is 0 Å². The molecule has 3 rings (SSSR count). The number of unbranched alkanes of at least 4 members (excludes halogenated alkanes) is 1. The number of nitrogens with one attached hydrogen (secondary N) is 1. The van der Waals surface area contributed by atoms with Crippen molar-refractivity contribution >= 4 is 0 Å². The van der Waals surface area contributed by atoms with E-state index in [-0.39, 0.29) is 5.82 Å². The topological polar surface area (TPSA) is 54.2 Å². The summed E-state index contributed by atoms with van der Waals surface area (Å²) in [4.78, 5) is 6.74. The number of pyridine rings is 1. The summed E-state index contributed by atoms with van der Waals surface area (Å²) < 4.78 is 13.3. The van der Waals surface area contributed by atoms with Gasteiger partial charge in [-0.1, -0.05) is 24.3 Å². The number of hydrogen-bond donors (Lipinski definition) is 2. The Hall–Kier alpha value is -1.82. The predicted octanol–water partition coefficient (Wildman–Crippen LogP) is 2.78. The van der Waals surface area contributed by atoms with Gasteiger partial charge in [0, 0.05) is 25.7 Å². The van der Waals surface area contributed by atoms with E-state index in [4.69, 9.17) is 5.73 Å². The van der Waals surface area contributed by atoms with Crippen molar-refractivity contribution in [3.05, 3.63) is 64.7 Å². The summed E-state index contributed by atoms with van der Waals surface area (Å²) in [5.41, 5.74) is 10.4. The van der Waals surface area contributed by atoms with Crippen LogP contribution in [0.3, 0.4) is 0 Å². The molecule has 0 fully saturated rings. The van der Waals surface area contributed by atoms with Crippen molar-refractivity contribution in [1.82, 2.24) is 15.2 Å². The van der Waals surface area contributed by atoms with E-state index in [2.05, 4.69) is 39.5 Å². The summed E-state index contributed by atoms with van der Waals surface area (Å²) in [6.07, 6.45) is 4.45. The van der Waals surface area contributed by atoms with Crippen LogP contribution in [0.4, 0.5) is 4.39 Å². The van der Waals surface area contributed by atoms with Gasteiger partial charge in [-0.05, 0) is 62.0 Å². The second-order valence-electron chi connectivity index (χ2n) is 7.20. The molecule has 1 aliphatic rings. The third kappa shape index (κ3) is 5.10. The molecule has 0 saturated carbocycles. The van der Waals surface area contributed by atoms with Gasteiger partial charge in [-0.3, -0.25) is 9.88 Å². The maximum atomic E-state index is 13.3. The molecule has 140 valence electrons. The first-order chi connectivity index (χ1) is 12.7. The van der Waals surface area contributed by atoms with Crippen molar-refractivity contribution in [1.29, 1.82) is 0 Å². The molecule has 5 heteroatoms. The standard InChI is InChI=1S/C21H29FN4/c1-16-10-19(22)13-25-21(16)15-26(9-5-4-8-23)14-20-11-17-6-2-3-7-18(17)12-24-20/h2-3,6-7,10,13,20,24H,4-5,8-9,11-12,14-15,23H2,1H3/t20-/m1/s1. The van der Waals surface area contributed by atoms with Gasteiger partial charge in [0.15, 0.2) is 0 Å². The highest BCUT2D eigenvalue weighted by atomic mass is 19.1. The first-order valence-electron chi connectivity index (χ1n) is 9.49. The largest absolute Gasteiger partial charge is 0.330 e. The highest BCUT2D eigenvalue weighted by molar-refractivity contribution is 5.30. The molecule has 4 nitrogen and oxygen atoms in total. The molecular weight excluding hydrogens is 327 g/mol. The molecule has 26 heavy (non-hydrogen) atoms. The Labute approximate surface area is 155 Å². The number of nitrogens with zero attached hydrogens (tertiary/aromatic N) is 2. The zero-order chi connectivity index (χ0) is 18.4. The number of aromatic nitrogens is 1. The summed E-state index contributed by atoms with van der Waals surface area (Å²) >= 11 is 0. The highest BCUT2D eigenvalue weighted by Gasteiger charge is 2.20. The van der Waals surface area contributed by atoms with E-state index in [0.29, 0.717) is 6.04 Å². The van der Waals surface area contributed by atoms with Crippen LogP contribution < -0.4 is 11.1 Å². The molecule has 0 aliphatic carbocycles. The normalized spacial score (nSPS) is 16.7. The summed E-state index contributed by atoms with van der Waals surface area (Å²) in [5, 5.41) is 3.66. The second kappa shape index (κ2) is 9.21. The fraction of sp³-hybridized carbons (Fsp3) is 0.476. The van der Waals surface area contributed by atoms with Crippen LogP contribution in [0.5, 0.6) is 0 Å². The number of hydrogen-bond acceptors (Lipinski definition) is 4. The average Bonchev–Trinajstić information content (AvgIpc) is 2.64. The Balaban J connectivity index is 1.66. The Morgan fingerprint density at radius 1 is 1.27 bits per heavy atom. The van der Waals surface area contributed by atoms with Crippen molar-refractivity contribution in [2.24, 2.45) is 5.73 Å².